The van der Waals surface area contributed by atoms with E-state index in [2.05, 4.69) is 12.1 Å². The molecule has 0 amide bonds. The number of halogens is 1. The van der Waals surface area contributed by atoms with Gasteiger partial charge in [0.1, 0.15) is 0 Å². The second kappa shape index (κ2) is 3.13. The van der Waals surface area contributed by atoms with E-state index in [4.69, 9.17) is 11.6 Å². The molecule has 0 saturated heterocycles. The van der Waals surface area contributed by atoms with E-state index in [1.165, 1.54) is 9.79 Å². The molecule has 56 valence electrons. The van der Waals surface area contributed by atoms with Crippen molar-refractivity contribution in [1.82, 2.24) is 0 Å². The van der Waals surface area contributed by atoms with E-state index in [0.717, 1.165) is 4.36 Å². The molecule has 1 aromatic carbocycles. The van der Waals surface area contributed by atoms with Gasteiger partial charge in [-0.25, -0.2) is 0 Å². The summed E-state index contributed by atoms with van der Waals surface area (Å²) in [6, 6.07) is 8.26. The minimum atomic E-state index is 0.855. The summed E-state index contributed by atoms with van der Waals surface area (Å²) in [5.74, 6) is 0. The Hall–Kier alpha value is -0.0500. The third-order valence-corrected chi connectivity index (χ3v) is 3.94. The molecule has 0 aromatic heterocycles. The molecule has 0 saturated carbocycles. The van der Waals surface area contributed by atoms with Crippen LogP contribution in [0.1, 0.15) is 0 Å². The van der Waals surface area contributed by atoms with Crippen LogP contribution in [0.15, 0.2) is 43.8 Å². The molecule has 1 aliphatic rings. The lowest BCUT2D eigenvalue weighted by molar-refractivity contribution is 1.26. The van der Waals surface area contributed by atoms with Gasteiger partial charge < -0.3 is 0 Å². The predicted octanol–water partition coefficient (Wildman–Crippen LogP) is 3.92. The smallest absolute Gasteiger partial charge is 0.0849 e. The van der Waals surface area contributed by atoms with Crippen LogP contribution in [-0.2, 0) is 0 Å². The lowest BCUT2D eigenvalue weighted by Gasteiger charge is -2.10. The Labute approximate surface area is 79.0 Å². The Balaban J connectivity index is 2.42. The monoisotopic (exact) mass is 200 g/mol. The zero-order chi connectivity index (χ0) is 7.68. The van der Waals surface area contributed by atoms with Gasteiger partial charge in [-0.05, 0) is 12.1 Å². The van der Waals surface area contributed by atoms with Crippen molar-refractivity contribution in [2.45, 2.75) is 9.79 Å². The topological polar surface area (TPSA) is 0 Å². The molecule has 1 aliphatic heterocycles. The van der Waals surface area contributed by atoms with Crippen LogP contribution in [-0.4, -0.2) is 0 Å². The first-order valence-electron chi connectivity index (χ1n) is 3.15. The van der Waals surface area contributed by atoms with Crippen molar-refractivity contribution in [3.05, 3.63) is 34.0 Å². The van der Waals surface area contributed by atoms with Crippen molar-refractivity contribution in [2.24, 2.45) is 0 Å². The Morgan fingerprint density at radius 3 is 2.64 bits per heavy atom. The van der Waals surface area contributed by atoms with Crippen LogP contribution in [0.4, 0.5) is 0 Å². The van der Waals surface area contributed by atoms with Crippen LogP contribution < -0.4 is 0 Å². The standard InChI is InChI=1S/C8H5ClS2/c9-8-5-10-6-3-1-2-4-7(6)11-8/h1-5H. The van der Waals surface area contributed by atoms with Crippen LogP contribution in [0.3, 0.4) is 0 Å². The van der Waals surface area contributed by atoms with Crippen LogP contribution in [0.25, 0.3) is 0 Å². The van der Waals surface area contributed by atoms with Gasteiger partial charge in [-0.2, -0.15) is 0 Å². The fourth-order valence-electron chi connectivity index (χ4n) is 0.871. The number of hydrogen-bond donors (Lipinski definition) is 0. The maximum Gasteiger partial charge on any atom is 0.0849 e. The highest BCUT2D eigenvalue weighted by atomic mass is 35.5. The zero-order valence-electron chi connectivity index (χ0n) is 5.58. The normalized spacial score (nSPS) is 15.5. The maximum absolute atomic E-state index is 5.85. The van der Waals surface area contributed by atoms with Crippen molar-refractivity contribution < 1.29 is 0 Å². The molecule has 0 spiro atoms. The van der Waals surface area contributed by atoms with Crippen LogP contribution in [0.5, 0.6) is 0 Å². The molecule has 0 bridgehead atoms. The number of thioether (sulfide) groups is 2. The van der Waals surface area contributed by atoms with Gasteiger partial charge in [0.15, 0.2) is 0 Å². The molecular formula is C8H5ClS2. The second-order valence-electron chi connectivity index (χ2n) is 2.09. The zero-order valence-corrected chi connectivity index (χ0v) is 7.97. The largest absolute Gasteiger partial charge is 0.0948 e. The lowest BCUT2D eigenvalue weighted by Crippen LogP contribution is -1.79. The molecule has 3 heteroatoms. The Kier molecular flexibility index (Phi) is 2.16. The molecule has 1 aromatic rings. The first-order valence-corrected chi connectivity index (χ1v) is 5.23. The summed E-state index contributed by atoms with van der Waals surface area (Å²) >= 11 is 9.15. The van der Waals surface area contributed by atoms with Gasteiger partial charge in [0.2, 0.25) is 0 Å². The van der Waals surface area contributed by atoms with Crippen molar-refractivity contribution in [3.8, 4) is 0 Å². The fraction of sp³-hybridized carbons (Fsp3) is 0. The summed E-state index contributed by atoms with van der Waals surface area (Å²) in [7, 11) is 0. The molecule has 0 unspecified atom stereocenters. The molecular weight excluding hydrogens is 196 g/mol. The molecule has 0 radical (unpaired) electrons. The summed E-state index contributed by atoms with van der Waals surface area (Å²) in [4.78, 5) is 2.55. The van der Waals surface area contributed by atoms with E-state index in [0.29, 0.717) is 0 Å². The average molecular weight is 201 g/mol. The third-order valence-electron chi connectivity index (χ3n) is 1.34. The Bertz CT molecular complexity index is 307. The minimum Gasteiger partial charge on any atom is -0.0948 e. The van der Waals surface area contributed by atoms with Crippen molar-refractivity contribution in [1.29, 1.82) is 0 Å². The molecule has 0 N–H and O–H groups in total. The number of hydrogen-bond acceptors (Lipinski definition) is 2. The Morgan fingerprint density at radius 2 is 1.82 bits per heavy atom. The molecule has 11 heavy (non-hydrogen) atoms. The van der Waals surface area contributed by atoms with Crippen LogP contribution >= 0.6 is 35.1 Å². The van der Waals surface area contributed by atoms with Crippen molar-refractivity contribution in [2.75, 3.05) is 0 Å². The van der Waals surface area contributed by atoms with E-state index in [1.54, 1.807) is 23.5 Å². The SMILES string of the molecule is ClC1=CSc2ccccc2S1. The Morgan fingerprint density at radius 1 is 1.09 bits per heavy atom. The van der Waals surface area contributed by atoms with E-state index in [9.17, 15) is 0 Å². The molecule has 0 nitrogen and oxygen atoms in total. The second-order valence-corrected chi connectivity index (χ2v) is 4.71. The maximum atomic E-state index is 5.85. The molecule has 0 fully saturated rings. The van der Waals surface area contributed by atoms with Gasteiger partial charge >= 0.3 is 0 Å². The summed E-state index contributed by atoms with van der Waals surface area (Å²) in [5.41, 5.74) is 0. The van der Waals surface area contributed by atoms with E-state index < -0.39 is 0 Å². The first kappa shape index (κ1) is 7.59. The predicted molar refractivity (Wildman–Crippen MR) is 52.1 cm³/mol. The lowest BCUT2D eigenvalue weighted by atomic mass is 10.4. The van der Waals surface area contributed by atoms with Gasteiger partial charge in [0, 0.05) is 15.2 Å². The quantitative estimate of drug-likeness (QED) is 0.623. The highest BCUT2D eigenvalue weighted by Crippen LogP contribution is 2.43. The van der Waals surface area contributed by atoms with Gasteiger partial charge in [0.05, 0.1) is 4.36 Å². The summed E-state index contributed by atoms with van der Waals surface area (Å²) < 4.78 is 0.855. The molecule has 2 rings (SSSR count). The average Bonchev–Trinajstić information content (AvgIpc) is 2.04. The number of fused-ring (bicyclic) bond motifs is 1. The van der Waals surface area contributed by atoms with Crippen molar-refractivity contribution >= 4 is 35.1 Å². The minimum absolute atomic E-state index is 0.855. The fourth-order valence-corrected chi connectivity index (χ4v) is 2.95. The van der Waals surface area contributed by atoms with Gasteiger partial charge in [-0.15, -0.1) is 0 Å². The highest BCUT2D eigenvalue weighted by molar-refractivity contribution is 8.09. The number of benzene rings is 1. The van der Waals surface area contributed by atoms with Crippen molar-refractivity contribution in [3.63, 3.8) is 0 Å². The van der Waals surface area contributed by atoms with E-state index >= 15 is 0 Å². The highest BCUT2D eigenvalue weighted by Gasteiger charge is 2.08. The van der Waals surface area contributed by atoms with Gasteiger partial charge in [-0.3, -0.25) is 0 Å². The van der Waals surface area contributed by atoms with Gasteiger partial charge in [-0.1, -0.05) is 47.3 Å². The summed E-state index contributed by atoms with van der Waals surface area (Å²) in [6.07, 6.45) is 0. The number of rotatable bonds is 0. The third kappa shape index (κ3) is 1.58. The summed E-state index contributed by atoms with van der Waals surface area (Å²) in [5, 5.41) is 1.97. The van der Waals surface area contributed by atoms with Gasteiger partial charge in [0.25, 0.3) is 0 Å². The summed E-state index contributed by atoms with van der Waals surface area (Å²) in [6.45, 7) is 0. The van der Waals surface area contributed by atoms with E-state index in [1.807, 2.05) is 17.5 Å². The molecule has 1 heterocycles. The first-order chi connectivity index (χ1) is 5.36. The molecule has 0 aliphatic carbocycles. The van der Waals surface area contributed by atoms with Crippen LogP contribution in [0.2, 0.25) is 0 Å². The molecule has 0 atom stereocenters. The van der Waals surface area contributed by atoms with E-state index in [-0.39, 0.29) is 0 Å². The van der Waals surface area contributed by atoms with Crippen LogP contribution in [0, 0.1) is 0 Å².